The van der Waals surface area contributed by atoms with E-state index in [4.69, 9.17) is 0 Å². The number of hydrogen-bond donors (Lipinski definition) is 1. The van der Waals surface area contributed by atoms with E-state index in [2.05, 4.69) is 48.0 Å². The molecule has 1 aromatic heterocycles. The van der Waals surface area contributed by atoms with Crippen LogP contribution in [-0.4, -0.2) is 11.2 Å². The van der Waals surface area contributed by atoms with Crippen molar-refractivity contribution in [1.82, 2.24) is 0 Å². The van der Waals surface area contributed by atoms with Crippen LogP contribution in [-0.2, 0) is 12.8 Å². The smallest absolute Gasteiger partial charge is 0.0629 e. The lowest BCUT2D eigenvalue weighted by Gasteiger charge is -2.11. The lowest BCUT2D eigenvalue weighted by Crippen LogP contribution is -2.13. The second-order valence-electron chi connectivity index (χ2n) is 4.67. The van der Waals surface area contributed by atoms with Crippen molar-refractivity contribution in [3.8, 4) is 0 Å². The molecule has 0 saturated heterocycles. The van der Waals surface area contributed by atoms with Crippen LogP contribution in [0.1, 0.15) is 21.6 Å². The fourth-order valence-electron chi connectivity index (χ4n) is 1.96. The van der Waals surface area contributed by atoms with Crippen molar-refractivity contribution in [3.63, 3.8) is 0 Å². The molecule has 0 aliphatic heterocycles. The van der Waals surface area contributed by atoms with Crippen LogP contribution >= 0.6 is 27.3 Å². The predicted octanol–water partition coefficient (Wildman–Crippen LogP) is 4.27. The van der Waals surface area contributed by atoms with Gasteiger partial charge in [0, 0.05) is 15.8 Å². The number of rotatable bonds is 4. The summed E-state index contributed by atoms with van der Waals surface area (Å²) < 4.78 is 1.10. The van der Waals surface area contributed by atoms with Crippen molar-refractivity contribution in [1.29, 1.82) is 0 Å². The molecular formula is C15H17BrOS. The van der Waals surface area contributed by atoms with Crippen molar-refractivity contribution in [3.05, 3.63) is 55.7 Å². The quantitative estimate of drug-likeness (QED) is 0.890. The van der Waals surface area contributed by atoms with E-state index in [1.807, 2.05) is 11.4 Å². The fourth-order valence-corrected chi connectivity index (χ4v) is 3.55. The van der Waals surface area contributed by atoms with Crippen molar-refractivity contribution in [2.75, 3.05) is 0 Å². The average Bonchev–Trinajstić information content (AvgIpc) is 2.70. The lowest BCUT2D eigenvalue weighted by molar-refractivity contribution is 0.176. The van der Waals surface area contributed by atoms with Gasteiger partial charge in [0.15, 0.2) is 0 Å². The molecule has 0 spiro atoms. The van der Waals surface area contributed by atoms with E-state index in [0.717, 1.165) is 4.47 Å². The van der Waals surface area contributed by atoms with Gasteiger partial charge in [-0.2, -0.15) is 0 Å². The van der Waals surface area contributed by atoms with E-state index in [9.17, 15) is 5.11 Å². The van der Waals surface area contributed by atoms with Gasteiger partial charge in [-0.3, -0.25) is 0 Å². The van der Waals surface area contributed by atoms with Crippen LogP contribution in [0.5, 0.6) is 0 Å². The Hall–Kier alpha value is -0.640. The summed E-state index contributed by atoms with van der Waals surface area (Å²) in [5.74, 6) is 0. The highest BCUT2D eigenvalue weighted by Crippen LogP contribution is 2.24. The molecule has 1 nitrogen and oxygen atoms in total. The van der Waals surface area contributed by atoms with Gasteiger partial charge in [0.25, 0.3) is 0 Å². The Morgan fingerprint density at radius 3 is 2.56 bits per heavy atom. The highest BCUT2D eigenvalue weighted by Gasteiger charge is 2.10. The van der Waals surface area contributed by atoms with Crippen molar-refractivity contribution < 1.29 is 5.11 Å². The number of aryl methyl sites for hydroxylation is 2. The fraction of sp³-hybridized carbons (Fsp3) is 0.333. The lowest BCUT2D eigenvalue weighted by atomic mass is 10.0. The standard InChI is InChI=1S/C15H17BrOS/c1-10-3-4-12(7-11(10)2)8-13(17)9-15-14(16)5-6-18-15/h3-7,13,17H,8-9H2,1-2H3. The van der Waals surface area contributed by atoms with Crippen LogP contribution in [0.3, 0.4) is 0 Å². The first kappa shape index (κ1) is 13.8. The summed E-state index contributed by atoms with van der Waals surface area (Å²) in [6.45, 7) is 4.22. The maximum absolute atomic E-state index is 10.1. The van der Waals surface area contributed by atoms with Gasteiger partial charge < -0.3 is 5.11 Å². The largest absolute Gasteiger partial charge is 0.392 e. The first-order valence-electron chi connectivity index (χ1n) is 6.02. The van der Waals surface area contributed by atoms with E-state index < -0.39 is 0 Å². The minimum atomic E-state index is -0.318. The molecular weight excluding hydrogens is 308 g/mol. The Morgan fingerprint density at radius 1 is 1.17 bits per heavy atom. The van der Waals surface area contributed by atoms with Gasteiger partial charge in [-0.05, 0) is 64.3 Å². The number of halogens is 1. The SMILES string of the molecule is Cc1ccc(CC(O)Cc2sccc2Br)cc1C. The van der Waals surface area contributed by atoms with Gasteiger partial charge in [0.1, 0.15) is 0 Å². The molecule has 0 saturated carbocycles. The number of aliphatic hydroxyl groups excluding tert-OH is 1. The number of aliphatic hydroxyl groups is 1. The van der Waals surface area contributed by atoms with Crippen LogP contribution in [0.4, 0.5) is 0 Å². The molecule has 1 N–H and O–H groups in total. The van der Waals surface area contributed by atoms with E-state index in [0.29, 0.717) is 12.8 Å². The van der Waals surface area contributed by atoms with Crippen LogP contribution < -0.4 is 0 Å². The Balaban J connectivity index is 2.01. The van der Waals surface area contributed by atoms with Gasteiger partial charge in [-0.1, -0.05) is 18.2 Å². The van der Waals surface area contributed by atoms with Gasteiger partial charge in [0.05, 0.1) is 6.10 Å². The zero-order valence-electron chi connectivity index (χ0n) is 10.6. The zero-order chi connectivity index (χ0) is 13.1. The monoisotopic (exact) mass is 324 g/mol. The third-order valence-electron chi connectivity index (χ3n) is 3.15. The number of benzene rings is 1. The normalized spacial score (nSPS) is 12.7. The Labute approximate surface area is 121 Å². The van der Waals surface area contributed by atoms with Crippen LogP contribution in [0.2, 0.25) is 0 Å². The van der Waals surface area contributed by atoms with Crippen LogP contribution in [0, 0.1) is 13.8 Å². The van der Waals surface area contributed by atoms with E-state index in [-0.39, 0.29) is 6.10 Å². The number of thiophene rings is 1. The molecule has 0 fully saturated rings. The Kier molecular flexibility index (Phi) is 4.60. The molecule has 1 heterocycles. The summed E-state index contributed by atoms with van der Waals surface area (Å²) in [7, 11) is 0. The van der Waals surface area contributed by atoms with Crippen LogP contribution in [0.25, 0.3) is 0 Å². The molecule has 0 amide bonds. The van der Waals surface area contributed by atoms with Crippen molar-refractivity contribution in [2.45, 2.75) is 32.8 Å². The second-order valence-corrected chi connectivity index (χ2v) is 6.53. The third-order valence-corrected chi connectivity index (χ3v) is 5.10. The average molecular weight is 325 g/mol. The van der Waals surface area contributed by atoms with Gasteiger partial charge in [-0.15, -0.1) is 11.3 Å². The van der Waals surface area contributed by atoms with Gasteiger partial charge in [-0.25, -0.2) is 0 Å². The third kappa shape index (κ3) is 3.44. The van der Waals surface area contributed by atoms with E-state index >= 15 is 0 Å². The highest BCUT2D eigenvalue weighted by molar-refractivity contribution is 9.10. The van der Waals surface area contributed by atoms with Crippen LogP contribution in [0.15, 0.2) is 34.1 Å². The minimum Gasteiger partial charge on any atom is -0.392 e. The summed E-state index contributed by atoms with van der Waals surface area (Å²) >= 11 is 5.19. The minimum absolute atomic E-state index is 0.318. The summed E-state index contributed by atoms with van der Waals surface area (Å²) in [5, 5.41) is 12.2. The molecule has 2 rings (SSSR count). The highest BCUT2D eigenvalue weighted by atomic mass is 79.9. The molecule has 0 aliphatic rings. The molecule has 0 bridgehead atoms. The van der Waals surface area contributed by atoms with Gasteiger partial charge in [0.2, 0.25) is 0 Å². The zero-order valence-corrected chi connectivity index (χ0v) is 13.0. The van der Waals surface area contributed by atoms with E-state index in [1.165, 1.54) is 21.6 Å². The molecule has 1 unspecified atom stereocenters. The first-order valence-corrected chi connectivity index (χ1v) is 7.69. The molecule has 96 valence electrons. The molecule has 1 atom stereocenters. The molecule has 3 heteroatoms. The molecule has 0 aliphatic carbocycles. The van der Waals surface area contributed by atoms with Crippen molar-refractivity contribution in [2.24, 2.45) is 0 Å². The first-order chi connectivity index (χ1) is 8.56. The summed E-state index contributed by atoms with van der Waals surface area (Å²) in [5.41, 5.74) is 3.80. The molecule has 18 heavy (non-hydrogen) atoms. The summed E-state index contributed by atoms with van der Waals surface area (Å²) in [6, 6.07) is 8.43. The topological polar surface area (TPSA) is 20.2 Å². The maximum atomic E-state index is 10.1. The second kappa shape index (κ2) is 6.00. The van der Waals surface area contributed by atoms with E-state index in [1.54, 1.807) is 11.3 Å². The Bertz CT molecular complexity index is 533. The predicted molar refractivity (Wildman–Crippen MR) is 81.3 cm³/mol. The van der Waals surface area contributed by atoms with Gasteiger partial charge >= 0.3 is 0 Å². The van der Waals surface area contributed by atoms with Crippen molar-refractivity contribution >= 4 is 27.3 Å². The molecule has 0 radical (unpaired) electrons. The maximum Gasteiger partial charge on any atom is 0.0629 e. The number of hydrogen-bond acceptors (Lipinski definition) is 2. The Morgan fingerprint density at radius 2 is 1.94 bits per heavy atom. The molecule has 2 aromatic rings. The summed E-state index contributed by atoms with van der Waals surface area (Å²) in [6.07, 6.45) is 1.11. The molecule has 1 aromatic carbocycles. The summed E-state index contributed by atoms with van der Waals surface area (Å²) in [4.78, 5) is 1.21.